The topological polar surface area (TPSA) is 26.8 Å². The van der Waals surface area contributed by atoms with Crippen LogP contribution in [0.15, 0.2) is 42.5 Å². The number of anilines is 3. The molecule has 0 radical (unpaired) electrons. The van der Waals surface area contributed by atoms with Crippen molar-refractivity contribution in [2.24, 2.45) is 0 Å². The number of carbonyl (C=O) groups excluding carboxylic acids is 1. The third-order valence-corrected chi connectivity index (χ3v) is 4.59. The van der Waals surface area contributed by atoms with Crippen LogP contribution in [-0.2, 0) is 4.79 Å². The first kappa shape index (κ1) is 17.1. The zero-order valence-electron chi connectivity index (χ0n) is 15.6. The smallest absolute Gasteiger partial charge is 0.258 e. The molecule has 25 heavy (non-hydrogen) atoms. The van der Waals surface area contributed by atoms with Crippen LogP contribution in [0.5, 0.6) is 0 Å². The van der Waals surface area contributed by atoms with E-state index in [0.29, 0.717) is 6.54 Å². The van der Waals surface area contributed by atoms with Gasteiger partial charge in [0, 0.05) is 57.2 Å². The van der Waals surface area contributed by atoms with Crippen LogP contribution in [0, 0.1) is 0 Å². The van der Waals surface area contributed by atoms with Crippen molar-refractivity contribution in [2.75, 3.05) is 49.4 Å². The average Bonchev–Trinajstić information content (AvgIpc) is 2.86. The number of hydrogen-bond donors (Lipinski definition) is 0. The first-order valence-corrected chi connectivity index (χ1v) is 8.55. The number of amides is 1. The maximum Gasteiger partial charge on any atom is 0.258 e. The second kappa shape index (κ2) is 6.63. The monoisotopic (exact) mass is 335 g/mol. The second-order valence-electron chi connectivity index (χ2n) is 6.69. The van der Waals surface area contributed by atoms with E-state index in [4.69, 9.17) is 0 Å². The summed E-state index contributed by atoms with van der Waals surface area (Å²) in [5, 5.41) is 0. The van der Waals surface area contributed by atoms with E-state index in [0.717, 1.165) is 33.8 Å². The molecule has 0 saturated carbocycles. The molecule has 0 bridgehead atoms. The Bertz CT molecular complexity index is 820. The predicted molar refractivity (Wildman–Crippen MR) is 107 cm³/mol. The molecule has 2 aromatic carbocycles. The predicted octanol–water partition coefficient (Wildman–Crippen LogP) is 3.73. The molecule has 2 aromatic rings. The van der Waals surface area contributed by atoms with Gasteiger partial charge in [-0.15, -0.1) is 0 Å². The average molecular weight is 335 g/mol. The second-order valence-corrected chi connectivity index (χ2v) is 6.69. The minimum atomic E-state index is 0.0742. The van der Waals surface area contributed by atoms with Gasteiger partial charge in [-0.2, -0.15) is 0 Å². The van der Waals surface area contributed by atoms with Crippen molar-refractivity contribution >= 4 is 34.6 Å². The van der Waals surface area contributed by atoms with Crippen molar-refractivity contribution in [1.29, 1.82) is 0 Å². The summed E-state index contributed by atoms with van der Waals surface area (Å²) in [7, 11) is 8.06. The molecule has 4 nitrogen and oxygen atoms in total. The number of fused-ring (bicyclic) bond motifs is 1. The van der Waals surface area contributed by atoms with Crippen LogP contribution in [0.25, 0.3) is 11.6 Å². The van der Waals surface area contributed by atoms with Gasteiger partial charge in [0.1, 0.15) is 0 Å². The minimum Gasteiger partial charge on any atom is -0.378 e. The van der Waals surface area contributed by atoms with Gasteiger partial charge in [0.05, 0.1) is 5.69 Å². The summed E-state index contributed by atoms with van der Waals surface area (Å²) in [6, 6.07) is 14.5. The number of carbonyl (C=O) groups is 1. The number of benzene rings is 2. The first-order chi connectivity index (χ1) is 11.9. The summed E-state index contributed by atoms with van der Waals surface area (Å²) in [5.74, 6) is 0.0742. The van der Waals surface area contributed by atoms with Crippen LogP contribution < -0.4 is 14.7 Å². The van der Waals surface area contributed by atoms with Crippen LogP contribution in [0.4, 0.5) is 17.1 Å². The summed E-state index contributed by atoms with van der Waals surface area (Å²) >= 11 is 0. The van der Waals surface area contributed by atoms with E-state index in [2.05, 4.69) is 52.3 Å². The normalized spacial score (nSPS) is 14.8. The van der Waals surface area contributed by atoms with Crippen LogP contribution >= 0.6 is 0 Å². The fraction of sp³-hybridized carbons (Fsp3) is 0.286. The van der Waals surface area contributed by atoms with Gasteiger partial charge in [-0.3, -0.25) is 4.79 Å². The molecular formula is C21H25N3O. The lowest BCUT2D eigenvalue weighted by molar-refractivity contribution is -0.112. The van der Waals surface area contributed by atoms with Gasteiger partial charge in [0.2, 0.25) is 0 Å². The Morgan fingerprint density at radius 3 is 2.08 bits per heavy atom. The molecule has 130 valence electrons. The van der Waals surface area contributed by atoms with Gasteiger partial charge in [-0.1, -0.05) is 18.2 Å². The molecule has 1 aliphatic rings. The van der Waals surface area contributed by atoms with E-state index in [-0.39, 0.29) is 5.91 Å². The Morgan fingerprint density at radius 1 is 0.920 bits per heavy atom. The Hall–Kier alpha value is -2.75. The highest BCUT2D eigenvalue weighted by atomic mass is 16.2. The lowest BCUT2D eigenvalue weighted by atomic mass is 10.0. The van der Waals surface area contributed by atoms with E-state index in [1.165, 1.54) is 0 Å². The molecule has 3 rings (SSSR count). The van der Waals surface area contributed by atoms with Crippen molar-refractivity contribution in [3.8, 4) is 0 Å². The standard InChI is InChI=1S/C21H25N3O/c1-6-24-20-14-17(23(4)5)11-12-18(20)19(21(24)25)13-15-7-9-16(10-8-15)22(2)3/h7-14H,6H2,1-5H3. The molecule has 0 aromatic heterocycles. The van der Waals surface area contributed by atoms with E-state index in [1.54, 1.807) is 0 Å². The summed E-state index contributed by atoms with van der Waals surface area (Å²) in [6.07, 6.45) is 1.99. The molecular weight excluding hydrogens is 310 g/mol. The molecule has 0 aliphatic carbocycles. The summed E-state index contributed by atoms with van der Waals surface area (Å²) in [6.45, 7) is 2.68. The zero-order valence-corrected chi connectivity index (χ0v) is 15.6. The molecule has 1 heterocycles. The molecule has 0 saturated heterocycles. The Kier molecular flexibility index (Phi) is 4.53. The van der Waals surface area contributed by atoms with E-state index >= 15 is 0 Å². The highest BCUT2D eigenvalue weighted by molar-refractivity contribution is 6.36. The van der Waals surface area contributed by atoms with Gasteiger partial charge in [-0.25, -0.2) is 0 Å². The zero-order chi connectivity index (χ0) is 18.1. The molecule has 0 atom stereocenters. The Labute approximate surface area is 150 Å². The van der Waals surface area contributed by atoms with Gasteiger partial charge in [0.25, 0.3) is 5.91 Å². The van der Waals surface area contributed by atoms with Gasteiger partial charge >= 0.3 is 0 Å². The molecule has 1 amide bonds. The molecule has 1 aliphatic heterocycles. The summed E-state index contributed by atoms with van der Waals surface area (Å²) in [4.78, 5) is 18.9. The number of rotatable bonds is 4. The molecule has 0 unspecified atom stereocenters. The maximum atomic E-state index is 12.9. The van der Waals surface area contributed by atoms with Crippen molar-refractivity contribution in [1.82, 2.24) is 0 Å². The lowest BCUT2D eigenvalue weighted by Crippen LogP contribution is -2.25. The molecule has 0 spiro atoms. The van der Waals surface area contributed by atoms with Crippen molar-refractivity contribution in [2.45, 2.75) is 6.92 Å². The van der Waals surface area contributed by atoms with E-state index in [9.17, 15) is 4.79 Å². The molecule has 0 N–H and O–H groups in total. The van der Waals surface area contributed by atoms with Crippen molar-refractivity contribution in [3.63, 3.8) is 0 Å². The maximum absolute atomic E-state index is 12.9. The summed E-state index contributed by atoms with van der Waals surface area (Å²) in [5.41, 5.74) is 6.05. The number of nitrogens with zero attached hydrogens (tertiary/aromatic N) is 3. The number of likely N-dealkylation sites (N-methyl/N-ethyl adjacent to an activating group) is 1. The number of hydrogen-bond acceptors (Lipinski definition) is 3. The van der Waals surface area contributed by atoms with Gasteiger partial charge in [0.15, 0.2) is 0 Å². The van der Waals surface area contributed by atoms with E-state index < -0.39 is 0 Å². The fourth-order valence-electron chi connectivity index (χ4n) is 3.11. The fourth-order valence-corrected chi connectivity index (χ4v) is 3.11. The van der Waals surface area contributed by atoms with E-state index in [1.807, 2.05) is 46.1 Å². The van der Waals surface area contributed by atoms with Crippen LogP contribution in [0.1, 0.15) is 18.1 Å². The Morgan fingerprint density at radius 2 is 1.52 bits per heavy atom. The van der Waals surface area contributed by atoms with Crippen LogP contribution in [0.2, 0.25) is 0 Å². The highest BCUT2D eigenvalue weighted by Gasteiger charge is 2.31. The third-order valence-electron chi connectivity index (χ3n) is 4.59. The lowest BCUT2D eigenvalue weighted by Gasteiger charge is -2.17. The minimum absolute atomic E-state index is 0.0742. The molecule has 0 fully saturated rings. The van der Waals surface area contributed by atoms with Crippen LogP contribution in [-0.4, -0.2) is 40.6 Å². The quantitative estimate of drug-likeness (QED) is 0.797. The SMILES string of the molecule is CCN1C(=O)C(=Cc2ccc(N(C)C)cc2)c2ccc(N(C)C)cc21. The summed E-state index contributed by atoms with van der Waals surface area (Å²) < 4.78 is 0. The highest BCUT2D eigenvalue weighted by Crippen LogP contribution is 2.39. The largest absolute Gasteiger partial charge is 0.378 e. The Balaban J connectivity index is 2.04. The van der Waals surface area contributed by atoms with Crippen molar-refractivity contribution in [3.05, 3.63) is 53.6 Å². The van der Waals surface area contributed by atoms with Gasteiger partial charge < -0.3 is 14.7 Å². The van der Waals surface area contributed by atoms with Crippen molar-refractivity contribution < 1.29 is 4.79 Å². The third kappa shape index (κ3) is 3.12. The van der Waals surface area contributed by atoms with Gasteiger partial charge in [-0.05, 0) is 42.8 Å². The molecule has 4 heteroatoms. The first-order valence-electron chi connectivity index (χ1n) is 8.55. The van der Waals surface area contributed by atoms with Crippen LogP contribution in [0.3, 0.4) is 0 Å².